The van der Waals surface area contributed by atoms with Crippen LogP contribution in [0.4, 0.5) is 0 Å². The molecule has 2 amide bonds. The lowest BCUT2D eigenvalue weighted by Gasteiger charge is -2.72. The summed E-state index contributed by atoms with van der Waals surface area (Å²) in [4.78, 5) is 37.3. The summed E-state index contributed by atoms with van der Waals surface area (Å²) in [6.45, 7) is 0. The van der Waals surface area contributed by atoms with Gasteiger partial charge < -0.3 is 9.80 Å². The second-order valence-electron chi connectivity index (χ2n) is 15.4. The molecule has 0 bridgehead atoms. The molecular formula is C32H45N3O2. The number of carbonyl (C=O) groups excluding carboxylic acids is 2. The van der Waals surface area contributed by atoms with Gasteiger partial charge in [-0.25, -0.2) is 0 Å². The van der Waals surface area contributed by atoms with E-state index in [0.717, 1.165) is 30.6 Å². The van der Waals surface area contributed by atoms with Crippen molar-refractivity contribution in [1.29, 1.82) is 0 Å². The zero-order chi connectivity index (χ0) is 24.2. The summed E-state index contributed by atoms with van der Waals surface area (Å²) < 4.78 is 0. The van der Waals surface area contributed by atoms with Crippen LogP contribution >= 0.6 is 0 Å². The summed E-state index contributed by atoms with van der Waals surface area (Å²) in [5, 5.41) is 0. The van der Waals surface area contributed by atoms with Crippen molar-refractivity contribution in [3.8, 4) is 0 Å². The van der Waals surface area contributed by atoms with Gasteiger partial charge in [-0.3, -0.25) is 14.5 Å². The summed E-state index contributed by atoms with van der Waals surface area (Å²) in [6.07, 6.45) is 19.2. The normalized spacial score (nSPS) is 59.0. The van der Waals surface area contributed by atoms with Gasteiger partial charge in [0, 0.05) is 36.0 Å². The summed E-state index contributed by atoms with van der Waals surface area (Å²) in [5.41, 5.74) is 0. The van der Waals surface area contributed by atoms with Crippen molar-refractivity contribution in [3.63, 3.8) is 0 Å². The summed E-state index contributed by atoms with van der Waals surface area (Å²) in [5.74, 6) is 5.99. The molecular weight excluding hydrogens is 458 g/mol. The number of nitrogens with zero attached hydrogens (tertiary/aromatic N) is 3. The number of piperazine rings is 2. The minimum atomic E-state index is 0.308. The van der Waals surface area contributed by atoms with Gasteiger partial charge in [0.05, 0.1) is 18.1 Å². The van der Waals surface area contributed by atoms with Crippen molar-refractivity contribution >= 4 is 11.8 Å². The van der Waals surface area contributed by atoms with Crippen molar-refractivity contribution in [2.24, 2.45) is 47.3 Å². The number of piperidine rings is 2. The van der Waals surface area contributed by atoms with Gasteiger partial charge in [0.1, 0.15) is 0 Å². The number of carbonyl (C=O) groups is 2. The highest BCUT2D eigenvalue weighted by atomic mass is 16.2. The second-order valence-corrected chi connectivity index (χ2v) is 15.4. The van der Waals surface area contributed by atoms with Gasteiger partial charge in [0.2, 0.25) is 11.8 Å². The number of rotatable bonds is 0. The molecule has 5 aliphatic carbocycles. The Morgan fingerprint density at radius 1 is 0.405 bits per heavy atom. The van der Waals surface area contributed by atoms with Gasteiger partial charge in [-0.2, -0.15) is 0 Å². The first kappa shape index (κ1) is 21.7. The quantitative estimate of drug-likeness (QED) is 0.491. The van der Waals surface area contributed by atoms with E-state index in [1.807, 2.05) is 0 Å². The minimum Gasteiger partial charge on any atom is -0.333 e. The van der Waals surface area contributed by atoms with Crippen molar-refractivity contribution in [3.05, 3.63) is 0 Å². The van der Waals surface area contributed by atoms with Gasteiger partial charge in [0.15, 0.2) is 0 Å². The molecule has 5 heterocycles. The summed E-state index contributed by atoms with van der Waals surface area (Å²) in [7, 11) is 0. The molecule has 0 spiro atoms. The molecule has 15 unspecified atom stereocenters. The Kier molecular flexibility index (Phi) is 4.31. The molecule has 0 aromatic carbocycles. The topological polar surface area (TPSA) is 43.9 Å². The maximum atomic E-state index is 14.5. The monoisotopic (exact) mass is 503 g/mol. The lowest BCUT2D eigenvalue weighted by Crippen LogP contribution is -2.85. The maximum absolute atomic E-state index is 14.5. The Hall–Kier alpha value is -1.10. The van der Waals surface area contributed by atoms with Crippen LogP contribution in [-0.2, 0) is 9.59 Å². The number of hydrogen-bond donors (Lipinski definition) is 0. The van der Waals surface area contributed by atoms with Crippen molar-refractivity contribution in [2.75, 3.05) is 0 Å². The second kappa shape index (κ2) is 7.34. The fourth-order valence-corrected chi connectivity index (χ4v) is 14.0. The Morgan fingerprint density at radius 2 is 0.892 bits per heavy atom. The van der Waals surface area contributed by atoms with Crippen LogP contribution in [-0.4, -0.2) is 68.8 Å². The SMILES string of the molecule is O=C1C2CCCCC2C2CCC3C4CCCC5C4N4C3C2N1C1CCC2C3CCCCC3C(=O)N5C2C14. The highest BCUT2D eigenvalue weighted by molar-refractivity contribution is 5.83. The molecule has 5 nitrogen and oxygen atoms in total. The van der Waals surface area contributed by atoms with E-state index >= 15 is 0 Å². The Morgan fingerprint density at radius 3 is 1.57 bits per heavy atom. The lowest BCUT2D eigenvalue weighted by molar-refractivity contribution is -0.227. The van der Waals surface area contributed by atoms with Gasteiger partial charge in [-0.15, -0.1) is 0 Å². The zero-order valence-corrected chi connectivity index (χ0v) is 22.4. The first-order chi connectivity index (χ1) is 18.2. The van der Waals surface area contributed by atoms with Crippen molar-refractivity contribution < 1.29 is 9.59 Å². The molecule has 5 heteroatoms. The molecule has 10 fully saturated rings. The Balaban J connectivity index is 1.16. The van der Waals surface area contributed by atoms with Crippen LogP contribution < -0.4 is 0 Å². The van der Waals surface area contributed by atoms with Crippen LogP contribution in [0.5, 0.6) is 0 Å². The lowest BCUT2D eigenvalue weighted by atomic mass is 9.55. The molecule has 5 aliphatic heterocycles. The maximum Gasteiger partial charge on any atom is 0.226 e. The number of amides is 2. The predicted molar refractivity (Wildman–Crippen MR) is 139 cm³/mol. The number of hydrogen-bond acceptors (Lipinski definition) is 3. The largest absolute Gasteiger partial charge is 0.333 e. The zero-order valence-electron chi connectivity index (χ0n) is 22.4. The molecule has 5 saturated heterocycles. The third-order valence-electron chi connectivity index (χ3n) is 14.7. The first-order valence-corrected chi connectivity index (χ1v) is 16.7. The molecule has 200 valence electrons. The van der Waals surface area contributed by atoms with E-state index in [9.17, 15) is 9.59 Å². The van der Waals surface area contributed by atoms with E-state index in [0.29, 0.717) is 83.7 Å². The van der Waals surface area contributed by atoms with Gasteiger partial charge in [-0.1, -0.05) is 32.1 Å². The molecule has 10 aliphatic rings. The highest BCUT2D eigenvalue weighted by Gasteiger charge is 2.74. The molecule has 5 saturated carbocycles. The van der Waals surface area contributed by atoms with Crippen LogP contribution in [0, 0.1) is 47.3 Å². The van der Waals surface area contributed by atoms with Crippen LogP contribution in [0.1, 0.15) is 96.3 Å². The third-order valence-corrected chi connectivity index (χ3v) is 14.7. The van der Waals surface area contributed by atoms with Crippen LogP contribution in [0.15, 0.2) is 0 Å². The molecule has 37 heavy (non-hydrogen) atoms. The summed E-state index contributed by atoms with van der Waals surface area (Å²) >= 11 is 0. The van der Waals surface area contributed by atoms with E-state index in [1.54, 1.807) is 0 Å². The van der Waals surface area contributed by atoms with Gasteiger partial charge in [0.25, 0.3) is 0 Å². The highest BCUT2D eigenvalue weighted by Crippen LogP contribution is 2.65. The fourth-order valence-electron chi connectivity index (χ4n) is 14.0. The molecule has 0 aromatic rings. The van der Waals surface area contributed by atoms with Gasteiger partial charge >= 0.3 is 0 Å². The Bertz CT molecular complexity index is 1050. The minimum absolute atomic E-state index is 0.308. The first-order valence-electron chi connectivity index (χ1n) is 16.7. The number of fused-ring (bicyclic) bond motifs is 7. The van der Waals surface area contributed by atoms with Crippen molar-refractivity contribution in [2.45, 2.75) is 139 Å². The summed E-state index contributed by atoms with van der Waals surface area (Å²) in [6, 6.07) is 3.34. The average molecular weight is 504 g/mol. The molecule has 10 rings (SSSR count). The van der Waals surface area contributed by atoms with Gasteiger partial charge in [-0.05, 0) is 99.7 Å². The molecule has 0 N–H and O–H groups in total. The van der Waals surface area contributed by atoms with E-state index in [-0.39, 0.29) is 0 Å². The smallest absolute Gasteiger partial charge is 0.226 e. The Labute approximate surface area is 222 Å². The van der Waals surface area contributed by atoms with Crippen molar-refractivity contribution in [1.82, 2.24) is 14.7 Å². The van der Waals surface area contributed by atoms with Crippen LogP contribution in [0.3, 0.4) is 0 Å². The standard InChI is InChI=1S/C32H45N3O2/c36-31-23-9-4-2-7-17(23)20-14-15-25-30-29(20)33(31)24-11-5-10-18-21-13-12-19-16-6-1-3-8-22(16)32(37)34(25)27(19)28(21)35(30)26(18)24/h16-30H,1-15H2. The molecule has 0 radical (unpaired) electrons. The van der Waals surface area contributed by atoms with E-state index in [4.69, 9.17) is 0 Å². The average Bonchev–Trinajstić information content (AvgIpc) is 3.29. The van der Waals surface area contributed by atoms with E-state index < -0.39 is 0 Å². The fraction of sp³-hybridized carbons (Fsp3) is 0.938. The van der Waals surface area contributed by atoms with E-state index in [2.05, 4.69) is 14.7 Å². The molecule has 15 atom stereocenters. The predicted octanol–water partition coefficient (Wildman–Crippen LogP) is 4.44. The molecule has 0 aromatic heterocycles. The van der Waals surface area contributed by atoms with Crippen LogP contribution in [0.2, 0.25) is 0 Å². The van der Waals surface area contributed by atoms with E-state index in [1.165, 1.54) is 83.5 Å². The third kappa shape index (κ3) is 2.42. The van der Waals surface area contributed by atoms with Crippen LogP contribution in [0.25, 0.3) is 0 Å².